The van der Waals surface area contributed by atoms with E-state index in [4.69, 9.17) is 0 Å². The molecule has 1 fully saturated rings. The second-order valence-electron chi connectivity index (χ2n) is 7.99. The van der Waals surface area contributed by atoms with Crippen LogP contribution in [0.15, 0.2) is 58.3 Å². The Labute approximate surface area is 183 Å². The van der Waals surface area contributed by atoms with Crippen LogP contribution in [0.5, 0.6) is 0 Å². The molecule has 30 heavy (non-hydrogen) atoms. The maximum absolute atomic E-state index is 13.0. The van der Waals surface area contributed by atoms with Crippen molar-refractivity contribution < 1.29 is 13.2 Å². The lowest BCUT2D eigenvalue weighted by atomic mass is 10.1. The van der Waals surface area contributed by atoms with Gasteiger partial charge in [0.05, 0.1) is 10.6 Å². The zero-order valence-corrected chi connectivity index (χ0v) is 18.9. The van der Waals surface area contributed by atoms with Gasteiger partial charge in [0.25, 0.3) is 0 Å². The van der Waals surface area contributed by atoms with Gasteiger partial charge in [-0.05, 0) is 55.5 Å². The van der Waals surface area contributed by atoms with Gasteiger partial charge in [-0.25, -0.2) is 8.42 Å². The summed E-state index contributed by atoms with van der Waals surface area (Å²) in [5.41, 5.74) is 1.98. The van der Waals surface area contributed by atoms with Crippen LogP contribution in [0.1, 0.15) is 38.2 Å². The standard InChI is InChI=1S/C23H28N2O3S2/c1-18-14-17-25(21-6-2-3-7-22(21)29-18)23(26)13-10-19-8-11-20(12-9-19)30(27,28)24-15-4-5-16-24/h2-3,6-9,11-12,18H,4-5,10,13-17H2,1H3. The van der Waals surface area contributed by atoms with Crippen molar-refractivity contribution in [2.75, 3.05) is 24.5 Å². The van der Waals surface area contributed by atoms with Gasteiger partial charge < -0.3 is 4.90 Å². The van der Waals surface area contributed by atoms with Gasteiger partial charge in [-0.2, -0.15) is 4.31 Å². The lowest BCUT2D eigenvalue weighted by Crippen LogP contribution is -2.32. The number of benzene rings is 2. The van der Waals surface area contributed by atoms with Gasteiger partial charge in [0.2, 0.25) is 15.9 Å². The minimum Gasteiger partial charge on any atom is -0.311 e. The number of rotatable bonds is 5. The van der Waals surface area contributed by atoms with Crippen LogP contribution in [-0.4, -0.2) is 43.5 Å². The average Bonchev–Trinajstić information content (AvgIpc) is 3.24. The first-order chi connectivity index (χ1) is 14.4. The number of carbonyl (C=O) groups is 1. The molecule has 2 aliphatic rings. The van der Waals surface area contributed by atoms with Gasteiger partial charge in [-0.1, -0.05) is 31.2 Å². The number of hydrogen-bond acceptors (Lipinski definition) is 4. The molecule has 1 atom stereocenters. The van der Waals surface area contributed by atoms with Crippen LogP contribution in [0.2, 0.25) is 0 Å². The van der Waals surface area contributed by atoms with Crippen LogP contribution in [0.25, 0.3) is 0 Å². The molecule has 2 heterocycles. The summed E-state index contributed by atoms with van der Waals surface area (Å²) < 4.78 is 26.9. The number of anilines is 1. The van der Waals surface area contributed by atoms with Gasteiger partial charge >= 0.3 is 0 Å². The summed E-state index contributed by atoms with van der Waals surface area (Å²) in [6, 6.07) is 15.1. The third-order valence-corrected chi connectivity index (χ3v) is 8.95. The van der Waals surface area contributed by atoms with Gasteiger partial charge in [0.1, 0.15) is 0 Å². The normalized spacial score (nSPS) is 20.0. The number of para-hydroxylation sites is 1. The summed E-state index contributed by atoms with van der Waals surface area (Å²) in [5.74, 6) is 0.117. The van der Waals surface area contributed by atoms with E-state index in [0.717, 1.165) is 42.0 Å². The van der Waals surface area contributed by atoms with E-state index in [1.807, 2.05) is 47.0 Å². The predicted octanol–water partition coefficient (Wildman–Crippen LogP) is 4.32. The number of hydrogen-bond donors (Lipinski definition) is 0. The van der Waals surface area contributed by atoms with Crippen molar-refractivity contribution in [2.45, 2.75) is 54.1 Å². The summed E-state index contributed by atoms with van der Waals surface area (Å²) in [6.07, 6.45) is 3.83. The Bertz CT molecular complexity index is 999. The first kappa shape index (κ1) is 21.4. The van der Waals surface area contributed by atoms with E-state index in [1.165, 1.54) is 0 Å². The average molecular weight is 445 g/mol. The number of fused-ring (bicyclic) bond motifs is 1. The Kier molecular flexibility index (Phi) is 6.51. The monoisotopic (exact) mass is 444 g/mol. The van der Waals surface area contributed by atoms with Crippen molar-refractivity contribution in [3.8, 4) is 0 Å². The van der Waals surface area contributed by atoms with E-state index >= 15 is 0 Å². The molecule has 0 saturated carbocycles. The molecule has 0 N–H and O–H groups in total. The third kappa shape index (κ3) is 4.58. The molecule has 7 heteroatoms. The van der Waals surface area contributed by atoms with Crippen molar-refractivity contribution in [2.24, 2.45) is 0 Å². The summed E-state index contributed by atoms with van der Waals surface area (Å²) in [4.78, 5) is 16.4. The van der Waals surface area contributed by atoms with E-state index in [0.29, 0.717) is 36.1 Å². The molecule has 5 nitrogen and oxygen atoms in total. The molecule has 1 amide bonds. The van der Waals surface area contributed by atoms with Crippen LogP contribution >= 0.6 is 11.8 Å². The molecule has 0 radical (unpaired) electrons. The maximum atomic E-state index is 13.0. The summed E-state index contributed by atoms with van der Waals surface area (Å²) >= 11 is 1.83. The van der Waals surface area contributed by atoms with Gasteiger partial charge in [0.15, 0.2) is 0 Å². The molecule has 1 unspecified atom stereocenters. The molecule has 160 valence electrons. The highest BCUT2D eigenvalue weighted by Gasteiger charge is 2.27. The van der Waals surface area contributed by atoms with Crippen molar-refractivity contribution in [3.63, 3.8) is 0 Å². The van der Waals surface area contributed by atoms with Crippen molar-refractivity contribution in [3.05, 3.63) is 54.1 Å². The quantitative estimate of drug-likeness (QED) is 0.689. The van der Waals surface area contributed by atoms with Crippen LogP contribution < -0.4 is 4.90 Å². The summed E-state index contributed by atoms with van der Waals surface area (Å²) in [6.45, 7) is 4.14. The Morgan fingerprint density at radius 1 is 1.03 bits per heavy atom. The van der Waals surface area contributed by atoms with E-state index < -0.39 is 10.0 Å². The highest BCUT2D eigenvalue weighted by atomic mass is 32.2. The molecular formula is C23H28N2O3S2. The molecule has 2 aromatic carbocycles. The van der Waals surface area contributed by atoms with E-state index in [2.05, 4.69) is 13.0 Å². The minimum absolute atomic E-state index is 0.117. The van der Waals surface area contributed by atoms with Crippen molar-refractivity contribution in [1.82, 2.24) is 4.31 Å². The lowest BCUT2D eigenvalue weighted by molar-refractivity contribution is -0.118. The molecule has 0 aliphatic carbocycles. The molecular weight excluding hydrogens is 416 g/mol. The number of amides is 1. The second kappa shape index (κ2) is 9.12. The number of nitrogens with zero attached hydrogens (tertiary/aromatic N) is 2. The number of carbonyl (C=O) groups excluding carboxylic acids is 1. The third-order valence-electron chi connectivity index (χ3n) is 5.80. The molecule has 2 aromatic rings. The summed E-state index contributed by atoms with van der Waals surface area (Å²) in [5, 5.41) is 0.481. The molecule has 4 rings (SSSR count). The molecule has 0 spiro atoms. The Balaban J connectivity index is 1.42. The first-order valence-corrected chi connectivity index (χ1v) is 12.9. The fourth-order valence-electron chi connectivity index (χ4n) is 4.04. The van der Waals surface area contributed by atoms with Crippen LogP contribution in [0.4, 0.5) is 5.69 Å². The first-order valence-electron chi connectivity index (χ1n) is 10.6. The van der Waals surface area contributed by atoms with E-state index in [-0.39, 0.29) is 5.91 Å². The van der Waals surface area contributed by atoms with Crippen LogP contribution in [0, 0.1) is 0 Å². The Hall–Kier alpha value is -1.83. The van der Waals surface area contributed by atoms with Crippen LogP contribution in [-0.2, 0) is 21.2 Å². The summed E-state index contributed by atoms with van der Waals surface area (Å²) in [7, 11) is -3.39. The van der Waals surface area contributed by atoms with Gasteiger partial charge in [0, 0.05) is 36.2 Å². The SMILES string of the molecule is CC1CCN(C(=O)CCc2ccc(S(=O)(=O)N3CCCC3)cc2)c2ccccc2S1. The van der Waals surface area contributed by atoms with Crippen molar-refractivity contribution >= 4 is 33.4 Å². The zero-order valence-electron chi connectivity index (χ0n) is 17.3. The number of aryl methyl sites for hydroxylation is 1. The zero-order chi connectivity index (χ0) is 21.1. The molecule has 0 aromatic heterocycles. The van der Waals surface area contributed by atoms with Crippen LogP contribution in [0.3, 0.4) is 0 Å². The molecule has 1 saturated heterocycles. The minimum atomic E-state index is -3.39. The Morgan fingerprint density at radius 3 is 2.47 bits per heavy atom. The van der Waals surface area contributed by atoms with Gasteiger partial charge in [-0.15, -0.1) is 11.8 Å². The van der Waals surface area contributed by atoms with E-state index in [1.54, 1.807) is 16.4 Å². The van der Waals surface area contributed by atoms with Gasteiger partial charge in [-0.3, -0.25) is 4.79 Å². The predicted molar refractivity (Wildman–Crippen MR) is 121 cm³/mol. The number of thioether (sulfide) groups is 1. The highest BCUT2D eigenvalue weighted by molar-refractivity contribution is 8.00. The second-order valence-corrected chi connectivity index (χ2v) is 11.4. The smallest absolute Gasteiger partial charge is 0.243 e. The molecule has 2 aliphatic heterocycles. The molecule has 0 bridgehead atoms. The lowest BCUT2D eigenvalue weighted by Gasteiger charge is -2.22. The topological polar surface area (TPSA) is 57.7 Å². The Morgan fingerprint density at radius 2 is 1.73 bits per heavy atom. The number of sulfonamides is 1. The fraction of sp³-hybridized carbons (Fsp3) is 0.435. The largest absolute Gasteiger partial charge is 0.311 e. The van der Waals surface area contributed by atoms with Crippen molar-refractivity contribution in [1.29, 1.82) is 0 Å². The van der Waals surface area contributed by atoms with E-state index in [9.17, 15) is 13.2 Å². The maximum Gasteiger partial charge on any atom is 0.243 e. The highest BCUT2D eigenvalue weighted by Crippen LogP contribution is 2.37. The fourth-order valence-corrected chi connectivity index (χ4v) is 6.67.